The van der Waals surface area contributed by atoms with Crippen molar-refractivity contribution in [2.45, 2.75) is 6.92 Å². The minimum atomic E-state index is -3.51. The molecule has 0 fully saturated rings. The van der Waals surface area contributed by atoms with Crippen LogP contribution in [0.3, 0.4) is 0 Å². The Bertz CT molecular complexity index is 900. The maximum Gasteiger partial charge on any atom is 0.251 e. The molecule has 1 N–H and O–H groups in total. The average Bonchev–Trinajstić information content (AvgIpc) is 2.57. The van der Waals surface area contributed by atoms with Crippen molar-refractivity contribution < 1.29 is 13.2 Å². The smallest absolute Gasteiger partial charge is 0.251 e. The molecular weight excluding hydrogens is 338 g/mol. The number of nitrogens with zero attached hydrogens (tertiary/aromatic N) is 2. The van der Waals surface area contributed by atoms with Gasteiger partial charge in [-0.25, -0.2) is 8.42 Å². The van der Waals surface area contributed by atoms with Gasteiger partial charge in [-0.15, -0.1) is 0 Å². The summed E-state index contributed by atoms with van der Waals surface area (Å²) in [6.07, 6.45) is 1.10. The molecule has 0 aliphatic carbocycles. The van der Waals surface area contributed by atoms with Crippen molar-refractivity contribution in [2.24, 2.45) is 0 Å². The molecule has 0 aliphatic heterocycles. The van der Waals surface area contributed by atoms with Gasteiger partial charge < -0.3 is 5.32 Å². The normalized spacial score (nSPS) is 10.8. The van der Waals surface area contributed by atoms with Crippen LogP contribution >= 0.6 is 0 Å². The molecule has 0 aromatic heterocycles. The molecule has 0 saturated carbocycles. The Kier molecular flexibility index (Phi) is 5.78. The van der Waals surface area contributed by atoms with Crippen LogP contribution in [0.2, 0.25) is 0 Å². The Morgan fingerprint density at radius 1 is 1.20 bits per heavy atom. The van der Waals surface area contributed by atoms with Crippen LogP contribution in [0.1, 0.15) is 21.5 Å². The second-order valence-electron chi connectivity index (χ2n) is 5.62. The molecule has 6 nitrogen and oxygen atoms in total. The number of nitrogens with one attached hydrogen (secondary N) is 1. The molecule has 0 heterocycles. The van der Waals surface area contributed by atoms with E-state index in [1.54, 1.807) is 42.5 Å². The highest BCUT2D eigenvalue weighted by Crippen LogP contribution is 2.17. The van der Waals surface area contributed by atoms with E-state index in [2.05, 4.69) is 5.32 Å². The Morgan fingerprint density at radius 2 is 1.88 bits per heavy atom. The standard InChI is InChI=1S/C18H19N3O3S/c1-14-4-3-5-16(12-14)18(22)20-10-11-21(25(2,23)24)17-8-6-15(13-19)7-9-17/h3-9,12H,10-11H2,1-2H3,(H,20,22). The van der Waals surface area contributed by atoms with E-state index in [0.29, 0.717) is 16.8 Å². The van der Waals surface area contributed by atoms with Gasteiger partial charge in [0.1, 0.15) is 0 Å². The SMILES string of the molecule is Cc1cccc(C(=O)NCCN(c2ccc(C#N)cc2)S(C)(=O)=O)c1. The lowest BCUT2D eigenvalue weighted by Gasteiger charge is -2.22. The van der Waals surface area contributed by atoms with Crippen LogP contribution in [0.15, 0.2) is 48.5 Å². The van der Waals surface area contributed by atoms with Crippen molar-refractivity contribution in [3.8, 4) is 6.07 Å². The summed E-state index contributed by atoms with van der Waals surface area (Å²) in [6, 6.07) is 15.4. The number of anilines is 1. The Labute approximate surface area is 147 Å². The van der Waals surface area contributed by atoms with E-state index in [4.69, 9.17) is 5.26 Å². The molecule has 2 aromatic rings. The maximum absolute atomic E-state index is 12.1. The van der Waals surface area contributed by atoms with Crippen molar-refractivity contribution in [3.05, 3.63) is 65.2 Å². The van der Waals surface area contributed by atoms with Crippen molar-refractivity contribution in [1.82, 2.24) is 5.32 Å². The molecule has 0 radical (unpaired) electrons. The fourth-order valence-corrected chi connectivity index (χ4v) is 3.28. The maximum atomic E-state index is 12.1. The van der Waals surface area contributed by atoms with Crippen LogP contribution in [0.5, 0.6) is 0 Å². The number of hydrogen-bond acceptors (Lipinski definition) is 4. The molecule has 1 amide bonds. The van der Waals surface area contributed by atoms with Crippen LogP contribution in [0.4, 0.5) is 5.69 Å². The van der Waals surface area contributed by atoms with Gasteiger partial charge in [-0.2, -0.15) is 5.26 Å². The lowest BCUT2D eigenvalue weighted by molar-refractivity contribution is 0.0954. The summed E-state index contributed by atoms with van der Waals surface area (Å²) >= 11 is 0. The molecule has 0 bridgehead atoms. The third-order valence-electron chi connectivity index (χ3n) is 3.57. The van der Waals surface area contributed by atoms with Gasteiger partial charge >= 0.3 is 0 Å². The Balaban J connectivity index is 2.06. The highest BCUT2D eigenvalue weighted by molar-refractivity contribution is 7.92. The zero-order chi connectivity index (χ0) is 18.4. The van der Waals surface area contributed by atoms with Gasteiger partial charge in [-0.3, -0.25) is 9.10 Å². The van der Waals surface area contributed by atoms with Crippen LogP contribution in [-0.2, 0) is 10.0 Å². The number of carbonyl (C=O) groups excluding carboxylic acids is 1. The summed E-state index contributed by atoms with van der Waals surface area (Å²) in [5.74, 6) is -0.253. The van der Waals surface area contributed by atoms with E-state index in [9.17, 15) is 13.2 Å². The number of carbonyl (C=O) groups is 1. The zero-order valence-corrected chi connectivity index (χ0v) is 14.9. The second kappa shape index (κ2) is 7.81. The summed E-state index contributed by atoms with van der Waals surface area (Å²) in [7, 11) is -3.51. The van der Waals surface area contributed by atoms with Gasteiger partial charge in [0.25, 0.3) is 5.91 Å². The molecule has 0 saturated heterocycles. The third kappa shape index (κ3) is 5.06. The summed E-state index contributed by atoms with van der Waals surface area (Å²) in [5, 5.41) is 11.6. The van der Waals surface area contributed by atoms with Crippen LogP contribution in [0.25, 0.3) is 0 Å². The summed E-state index contributed by atoms with van der Waals surface area (Å²) in [4.78, 5) is 12.1. The molecule has 0 aliphatic rings. The molecule has 7 heteroatoms. The van der Waals surface area contributed by atoms with Gasteiger partial charge in [-0.05, 0) is 43.3 Å². The molecule has 2 aromatic carbocycles. The summed E-state index contributed by atoms with van der Waals surface area (Å²) < 4.78 is 25.2. The first-order chi connectivity index (χ1) is 11.8. The predicted octanol–water partition coefficient (Wildman–Crippen LogP) is 2.06. The Morgan fingerprint density at radius 3 is 2.44 bits per heavy atom. The average molecular weight is 357 g/mol. The molecule has 0 atom stereocenters. The minimum Gasteiger partial charge on any atom is -0.350 e. The lowest BCUT2D eigenvalue weighted by Crippen LogP contribution is -2.38. The van der Waals surface area contributed by atoms with Crippen molar-refractivity contribution in [2.75, 3.05) is 23.7 Å². The molecule has 0 spiro atoms. The van der Waals surface area contributed by atoms with Gasteiger partial charge in [0.2, 0.25) is 10.0 Å². The molecular formula is C18H19N3O3S. The van der Waals surface area contributed by atoms with Gasteiger partial charge in [0.05, 0.1) is 30.1 Å². The van der Waals surface area contributed by atoms with Crippen LogP contribution in [0, 0.1) is 18.3 Å². The first-order valence-electron chi connectivity index (χ1n) is 7.64. The Hall–Kier alpha value is -2.85. The van der Waals surface area contributed by atoms with Crippen molar-refractivity contribution >= 4 is 21.6 Å². The van der Waals surface area contributed by atoms with Gasteiger partial charge in [0.15, 0.2) is 0 Å². The fraction of sp³-hybridized carbons (Fsp3) is 0.222. The summed E-state index contributed by atoms with van der Waals surface area (Å²) in [6.45, 7) is 2.16. The van der Waals surface area contributed by atoms with E-state index >= 15 is 0 Å². The van der Waals surface area contributed by atoms with Crippen molar-refractivity contribution in [1.29, 1.82) is 5.26 Å². The fourth-order valence-electron chi connectivity index (χ4n) is 2.35. The predicted molar refractivity (Wildman–Crippen MR) is 96.9 cm³/mol. The third-order valence-corrected chi connectivity index (χ3v) is 4.76. The summed E-state index contributed by atoms with van der Waals surface area (Å²) in [5.41, 5.74) is 2.41. The largest absolute Gasteiger partial charge is 0.350 e. The topological polar surface area (TPSA) is 90.3 Å². The van der Waals surface area contributed by atoms with E-state index in [1.807, 2.05) is 19.1 Å². The van der Waals surface area contributed by atoms with E-state index in [1.165, 1.54) is 4.31 Å². The number of rotatable bonds is 6. The van der Waals surface area contributed by atoms with E-state index in [-0.39, 0.29) is 19.0 Å². The highest BCUT2D eigenvalue weighted by atomic mass is 32.2. The number of benzene rings is 2. The monoisotopic (exact) mass is 357 g/mol. The number of sulfonamides is 1. The highest BCUT2D eigenvalue weighted by Gasteiger charge is 2.17. The van der Waals surface area contributed by atoms with E-state index in [0.717, 1.165) is 11.8 Å². The molecule has 2 rings (SSSR count). The first kappa shape index (κ1) is 18.5. The minimum absolute atomic E-state index is 0.0995. The molecule has 130 valence electrons. The quantitative estimate of drug-likeness (QED) is 0.857. The van der Waals surface area contributed by atoms with Gasteiger partial charge in [-0.1, -0.05) is 17.7 Å². The van der Waals surface area contributed by atoms with Crippen LogP contribution in [-0.4, -0.2) is 33.7 Å². The molecule has 0 unspecified atom stereocenters. The van der Waals surface area contributed by atoms with Gasteiger partial charge in [0, 0.05) is 12.1 Å². The first-order valence-corrected chi connectivity index (χ1v) is 9.49. The number of nitriles is 1. The second-order valence-corrected chi connectivity index (χ2v) is 7.53. The number of hydrogen-bond donors (Lipinski definition) is 1. The zero-order valence-electron chi connectivity index (χ0n) is 14.1. The lowest BCUT2D eigenvalue weighted by atomic mass is 10.1. The molecule has 25 heavy (non-hydrogen) atoms. The van der Waals surface area contributed by atoms with Crippen molar-refractivity contribution in [3.63, 3.8) is 0 Å². The van der Waals surface area contributed by atoms with E-state index < -0.39 is 10.0 Å². The van der Waals surface area contributed by atoms with Crippen LogP contribution < -0.4 is 9.62 Å². The number of aryl methyl sites for hydroxylation is 1. The number of amides is 1.